The van der Waals surface area contributed by atoms with Crippen LogP contribution in [0.3, 0.4) is 0 Å². The van der Waals surface area contributed by atoms with E-state index in [1.54, 1.807) is 138 Å². The molecule has 0 N–H and O–H groups in total. The minimum Gasteiger partial charge on any atom is -0.424 e. The van der Waals surface area contributed by atoms with Crippen LogP contribution in [0.25, 0.3) is 0 Å². The first kappa shape index (κ1) is 78.3. The number of hydrogen-bond acceptors (Lipinski definition) is 14. The molecule has 0 spiro atoms. The Kier molecular flexibility index (Phi) is 43.9. The molecule has 0 atom stereocenters. The van der Waals surface area contributed by atoms with Gasteiger partial charge in [-0.1, -0.05) is 86.3 Å². The SMILES string of the molecule is CC(C)(C)S(C)(=O)=O.CC(C)(C)S(C)(=O)=O.CC(C)(C)[S-](=O)=O.CC(C)(C)[S-](=O)=O.CCS(=O)(=O)C(C)(C)C.CCS(=O)(=O)C(C)(C)C.[CH3-].[CH3-].[Y].[Y]. The van der Waals surface area contributed by atoms with E-state index in [9.17, 15) is 50.5 Å². The zero-order valence-electron chi connectivity index (χ0n) is 36.9. The Balaban J connectivity index is -0.0000000502. The summed E-state index contributed by atoms with van der Waals surface area (Å²) in [6.45, 7) is 33.6. The Morgan fingerprint density at radius 3 is 0.462 bits per heavy atom. The largest absolute Gasteiger partial charge is 0.424 e. The molecule has 0 fully saturated rings. The van der Waals surface area contributed by atoms with Gasteiger partial charge >= 0.3 is 0 Å². The molecule has 0 unspecified atom stereocenters. The molecule has 0 heterocycles. The van der Waals surface area contributed by atoms with Crippen molar-refractivity contribution >= 4 is 60.8 Å². The molecule has 0 aliphatic carbocycles. The number of rotatable bonds is 2. The number of hydrogen-bond donors (Lipinski definition) is 0. The maximum atomic E-state index is 11.0. The molecule has 0 aliphatic rings. The maximum absolute atomic E-state index is 11.0. The predicted molar refractivity (Wildman–Crippen MR) is 217 cm³/mol. The van der Waals surface area contributed by atoms with Gasteiger partial charge in [0.2, 0.25) is 0 Å². The minimum absolute atomic E-state index is 0. The molecule has 20 heteroatoms. The average Bonchev–Trinajstić information content (AvgIpc) is 2.75. The van der Waals surface area contributed by atoms with Crippen LogP contribution in [0.2, 0.25) is 0 Å². The zero-order valence-corrected chi connectivity index (χ0v) is 47.5. The minimum atomic E-state index is -2.84. The van der Waals surface area contributed by atoms with Crippen LogP contribution in [0.1, 0.15) is 138 Å². The summed E-state index contributed by atoms with van der Waals surface area (Å²) in [7, 11) is -15.2. The summed E-state index contributed by atoms with van der Waals surface area (Å²) < 4.78 is 123. The smallest absolute Gasteiger partial charge is 0.154 e. The summed E-state index contributed by atoms with van der Waals surface area (Å²) in [5.41, 5.74) is 0. The van der Waals surface area contributed by atoms with E-state index in [1.807, 2.05) is 0 Å². The van der Waals surface area contributed by atoms with Crippen molar-refractivity contribution in [3.8, 4) is 0 Å². The molecule has 52 heavy (non-hydrogen) atoms. The summed E-state index contributed by atoms with van der Waals surface area (Å²) >= 11 is 0. The molecule has 0 saturated heterocycles. The van der Waals surface area contributed by atoms with Gasteiger partial charge in [-0.3, -0.25) is 0 Å². The standard InChI is InChI=1S/2C6H14O2S.2C5H12O2S.2C4H9O2S.2CH3.2Y/c2*1-5-9(7,8)6(2,3)4;2*1-5(2,3)8(4,6)7;2*1-4(2,3)7(5)6;;;;/h2*5H2,1-4H3;2*1-4H3;2*1-3H3;2*1H3;;/q;;;;4*-1;;. The first-order valence-corrected chi connectivity index (χ1v) is 24.3. The second-order valence-corrected chi connectivity index (χ2v) is 31.5. The van der Waals surface area contributed by atoms with E-state index in [4.69, 9.17) is 0 Å². The van der Waals surface area contributed by atoms with Crippen molar-refractivity contribution in [1.29, 1.82) is 0 Å². The molecule has 322 valence electrons. The molecule has 0 aliphatic heterocycles. The fraction of sp³-hybridized carbons (Fsp3) is 0.938. The van der Waals surface area contributed by atoms with Gasteiger partial charge in [0.25, 0.3) is 0 Å². The summed E-state index contributed by atoms with van der Waals surface area (Å²) in [4.78, 5) is 0. The summed E-state index contributed by atoms with van der Waals surface area (Å²) in [6.07, 6.45) is 2.49. The molecule has 0 amide bonds. The van der Waals surface area contributed by atoms with E-state index < -0.39 is 89.2 Å². The third-order valence-electron chi connectivity index (χ3n) is 5.85. The Morgan fingerprint density at radius 2 is 0.462 bits per heavy atom. The van der Waals surface area contributed by atoms with Gasteiger partial charge in [-0.25, -0.2) is 33.7 Å². The summed E-state index contributed by atoms with van der Waals surface area (Å²) in [6, 6.07) is 0. The van der Waals surface area contributed by atoms with Crippen LogP contribution in [-0.4, -0.2) is 86.2 Å². The normalized spacial score (nSPS) is 12.5. The predicted octanol–water partition coefficient (Wildman–Crippen LogP) is 7.18. The quantitative estimate of drug-likeness (QED) is 0.199. The number of sulfone groups is 4. The van der Waals surface area contributed by atoms with E-state index in [0.29, 0.717) is 0 Å². The van der Waals surface area contributed by atoms with Gasteiger partial charge in [0.05, 0.1) is 19.0 Å². The second kappa shape index (κ2) is 29.2. The van der Waals surface area contributed by atoms with Crippen molar-refractivity contribution in [2.24, 2.45) is 0 Å². The summed E-state index contributed by atoms with van der Waals surface area (Å²) in [5.74, 6) is 0.465. The Bertz CT molecular complexity index is 1390. The van der Waals surface area contributed by atoms with Crippen LogP contribution >= 0.6 is 0 Å². The Hall–Kier alpha value is 1.91. The van der Waals surface area contributed by atoms with Crippen molar-refractivity contribution in [1.82, 2.24) is 0 Å². The van der Waals surface area contributed by atoms with Crippen LogP contribution in [0.4, 0.5) is 0 Å². The molecule has 0 bridgehead atoms. The van der Waals surface area contributed by atoms with Crippen molar-refractivity contribution < 1.29 is 116 Å². The maximum Gasteiger partial charge on any atom is 0.154 e. The van der Waals surface area contributed by atoms with Crippen molar-refractivity contribution in [2.45, 2.75) is 167 Å². The van der Waals surface area contributed by atoms with Crippen molar-refractivity contribution in [3.05, 3.63) is 14.9 Å². The van der Waals surface area contributed by atoms with Crippen LogP contribution in [0.15, 0.2) is 0 Å². The molecule has 12 nitrogen and oxygen atoms in total. The van der Waals surface area contributed by atoms with Gasteiger partial charge < -0.3 is 31.7 Å². The third kappa shape index (κ3) is 43.0. The van der Waals surface area contributed by atoms with E-state index >= 15 is 0 Å². The molecule has 0 rings (SSSR count). The topological polar surface area (TPSA) is 205 Å². The van der Waals surface area contributed by atoms with E-state index in [0.717, 1.165) is 0 Å². The Labute approximate surface area is 378 Å². The molecule has 0 saturated carbocycles. The van der Waals surface area contributed by atoms with E-state index in [2.05, 4.69) is 0 Å². The monoisotopic (exact) mass is 1020 g/mol. The third-order valence-corrected chi connectivity index (χ3v) is 17.6. The Morgan fingerprint density at radius 1 is 0.365 bits per heavy atom. The molecule has 0 aromatic heterocycles. The summed E-state index contributed by atoms with van der Waals surface area (Å²) in [5, 5.41) is 0. The van der Waals surface area contributed by atoms with Crippen LogP contribution in [0.5, 0.6) is 0 Å². The molecule has 0 aromatic rings. The van der Waals surface area contributed by atoms with Gasteiger partial charge in [-0.2, -0.15) is 0 Å². The molecule has 0 aromatic carbocycles. The van der Waals surface area contributed by atoms with Gasteiger partial charge in [-0.15, -0.1) is 0 Å². The van der Waals surface area contributed by atoms with Crippen molar-refractivity contribution in [2.75, 3.05) is 24.0 Å². The van der Waals surface area contributed by atoms with Crippen molar-refractivity contribution in [3.63, 3.8) is 0 Å². The average molecular weight is 1020 g/mol. The molecular formula is C32H76O12S6Y2-4. The van der Waals surface area contributed by atoms with Gasteiger partial charge in [0.1, 0.15) is 0 Å². The fourth-order valence-corrected chi connectivity index (χ4v) is 2.60. The fourth-order valence-electron chi connectivity index (χ4n) is 0.866. The van der Waals surface area contributed by atoms with Crippen LogP contribution in [-0.2, 0) is 143 Å². The first-order chi connectivity index (χ1) is 20.0. The van der Waals surface area contributed by atoms with Crippen LogP contribution < -0.4 is 0 Å². The van der Waals surface area contributed by atoms with Crippen LogP contribution in [0, 0.1) is 14.9 Å². The van der Waals surface area contributed by atoms with Gasteiger partial charge in [0.15, 0.2) is 39.3 Å². The van der Waals surface area contributed by atoms with E-state index in [1.165, 1.54) is 12.5 Å². The molecule has 2 radical (unpaired) electrons. The molecular weight excluding hydrogens is 947 g/mol. The first-order valence-electron chi connectivity index (χ1n) is 15.0. The van der Waals surface area contributed by atoms with Gasteiger partial charge in [-0.05, 0) is 83.1 Å². The van der Waals surface area contributed by atoms with Gasteiger partial charge in [0, 0.05) is 89.4 Å². The zero-order chi connectivity index (χ0) is 41.6. The second-order valence-electron chi connectivity index (χ2n) is 16.5. The van der Waals surface area contributed by atoms with E-state index in [-0.39, 0.29) is 91.8 Å².